The van der Waals surface area contributed by atoms with Crippen LogP contribution in [0.25, 0.3) is 0 Å². The Labute approximate surface area is 52.3 Å². The van der Waals surface area contributed by atoms with Crippen LogP contribution in [0.5, 0.6) is 0 Å². The Balaban J connectivity index is 2.47. The Morgan fingerprint density at radius 3 is 2.78 bits per heavy atom. The lowest BCUT2D eigenvalue weighted by molar-refractivity contribution is 0.324. The molecule has 0 radical (unpaired) electrons. The maximum absolute atomic E-state index is 11.9. The van der Waals surface area contributed by atoms with Crippen LogP contribution in [0.1, 0.15) is 0 Å². The average Bonchev–Trinajstić information content (AvgIpc) is 2.40. The zero-order chi connectivity index (χ0) is 6.85. The minimum Gasteiger partial charge on any atom is -0.509 e. The summed E-state index contributed by atoms with van der Waals surface area (Å²) in [6, 6.07) is 0. The van der Waals surface area contributed by atoms with Gasteiger partial charge in [0.05, 0.1) is 6.61 Å². The van der Waals surface area contributed by atoms with Gasteiger partial charge in [0.1, 0.15) is 17.7 Å². The topological polar surface area (TPSA) is 32.8 Å². The van der Waals surface area contributed by atoms with Crippen molar-refractivity contribution in [3.8, 4) is 0 Å². The zero-order valence-corrected chi connectivity index (χ0v) is 4.80. The van der Waals surface area contributed by atoms with Gasteiger partial charge in [-0.3, -0.25) is 0 Å². The zero-order valence-electron chi connectivity index (χ0n) is 4.80. The van der Waals surface area contributed by atoms with E-state index in [1.54, 1.807) is 0 Å². The van der Waals surface area contributed by atoms with Crippen molar-refractivity contribution in [1.82, 2.24) is 0 Å². The number of aliphatic hydroxyl groups excluding tert-OH is 1. The molecule has 0 spiro atoms. The summed E-state index contributed by atoms with van der Waals surface area (Å²) in [4.78, 5) is 0. The van der Waals surface area contributed by atoms with Crippen molar-refractivity contribution in [1.29, 1.82) is 0 Å². The van der Waals surface area contributed by atoms with Crippen LogP contribution < -0.4 is 0 Å². The second-order valence-electron chi connectivity index (χ2n) is 1.84. The lowest BCUT2D eigenvalue weighted by atomic mass is 10.3. The molecule has 0 aromatic carbocycles. The smallest absolute Gasteiger partial charge is 0.138 e. The molecule has 0 aromatic rings. The Bertz CT molecular complexity index is 158. The fraction of sp³-hybridized carbons (Fsp3) is 0.333. The Morgan fingerprint density at radius 2 is 2.44 bits per heavy atom. The highest BCUT2D eigenvalue weighted by molar-refractivity contribution is 5.15. The third kappa shape index (κ3) is 1.85. The Morgan fingerprint density at radius 1 is 1.89 bits per heavy atom. The molecule has 1 atom stereocenters. The SMILES string of the molecule is C=C(F)C=C(O)C1CO1. The maximum atomic E-state index is 11.9. The summed E-state index contributed by atoms with van der Waals surface area (Å²) < 4.78 is 16.5. The summed E-state index contributed by atoms with van der Waals surface area (Å²) >= 11 is 0. The standard InChI is InChI=1S/C6H7FO2/c1-4(7)2-5(8)6-3-9-6/h2,6,8H,1,3H2. The first-order valence-electron chi connectivity index (χ1n) is 2.56. The Hall–Kier alpha value is -0.830. The summed E-state index contributed by atoms with van der Waals surface area (Å²) in [5, 5.41) is 8.79. The first kappa shape index (κ1) is 6.29. The van der Waals surface area contributed by atoms with E-state index in [0.717, 1.165) is 6.08 Å². The van der Waals surface area contributed by atoms with Crippen LogP contribution in [-0.2, 0) is 4.74 Å². The van der Waals surface area contributed by atoms with Gasteiger partial charge in [0.25, 0.3) is 0 Å². The van der Waals surface area contributed by atoms with Crippen LogP contribution in [0, 0.1) is 0 Å². The fourth-order valence-electron chi connectivity index (χ4n) is 0.472. The number of halogens is 1. The molecule has 1 aliphatic rings. The predicted octanol–water partition coefficient (Wildman–Crippen LogP) is 1.31. The molecular weight excluding hydrogens is 123 g/mol. The van der Waals surface area contributed by atoms with E-state index in [1.165, 1.54) is 0 Å². The van der Waals surface area contributed by atoms with Crippen LogP contribution >= 0.6 is 0 Å². The molecule has 0 saturated carbocycles. The summed E-state index contributed by atoms with van der Waals surface area (Å²) in [6.45, 7) is 3.43. The summed E-state index contributed by atoms with van der Waals surface area (Å²) in [7, 11) is 0. The largest absolute Gasteiger partial charge is 0.509 e. The van der Waals surface area contributed by atoms with E-state index in [1.807, 2.05) is 0 Å². The van der Waals surface area contributed by atoms with Gasteiger partial charge in [-0.05, 0) is 0 Å². The third-order valence-corrected chi connectivity index (χ3v) is 0.968. The molecule has 1 aliphatic heterocycles. The number of hydrogen-bond donors (Lipinski definition) is 1. The first-order chi connectivity index (χ1) is 4.20. The molecule has 0 aliphatic carbocycles. The normalized spacial score (nSPS) is 25.9. The van der Waals surface area contributed by atoms with E-state index in [4.69, 9.17) is 5.11 Å². The number of ether oxygens (including phenoxy) is 1. The van der Waals surface area contributed by atoms with E-state index < -0.39 is 5.83 Å². The molecule has 0 aromatic heterocycles. The molecule has 1 N–H and O–H groups in total. The van der Waals surface area contributed by atoms with Crippen LogP contribution in [0.4, 0.5) is 4.39 Å². The van der Waals surface area contributed by atoms with E-state index in [0.29, 0.717) is 6.61 Å². The van der Waals surface area contributed by atoms with Crippen molar-refractivity contribution in [3.63, 3.8) is 0 Å². The monoisotopic (exact) mass is 130 g/mol. The van der Waals surface area contributed by atoms with Crippen molar-refractivity contribution in [2.45, 2.75) is 6.10 Å². The lowest BCUT2D eigenvalue weighted by Gasteiger charge is -1.88. The van der Waals surface area contributed by atoms with Crippen molar-refractivity contribution in [2.24, 2.45) is 0 Å². The van der Waals surface area contributed by atoms with Gasteiger partial charge in [-0.15, -0.1) is 0 Å². The average molecular weight is 130 g/mol. The molecule has 1 rings (SSSR count). The number of aliphatic hydroxyl groups is 1. The molecule has 2 nitrogen and oxygen atoms in total. The van der Waals surface area contributed by atoms with Gasteiger partial charge in [0.2, 0.25) is 0 Å². The van der Waals surface area contributed by atoms with Crippen molar-refractivity contribution < 1.29 is 14.2 Å². The second-order valence-corrected chi connectivity index (χ2v) is 1.84. The second kappa shape index (κ2) is 2.19. The summed E-state index contributed by atoms with van der Waals surface area (Å²) in [5.41, 5.74) is 0. The van der Waals surface area contributed by atoms with Gasteiger partial charge in [-0.1, -0.05) is 6.58 Å². The van der Waals surface area contributed by atoms with Gasteiger partial charge < -0.3 is 9.84 Å². The van der Waals surface area contributed by atoms with Crippen LogP contribution in [-0.4, -0.2) is 17.8 Å². The van der Waals surface area contributed by atoms with Crippen LogP contribution in [0.2, 0.25) is 0 Å². The first-order valence-corrected chi connectivity index (χ1v) is 2.56. The van der Waals surface area contributed by atoms with E-state index in [9.17, 15) is 4.39 Å². The Kier molecular flexibility index (Phi) is 1.53. The van der Waals surface area contributed by atoms with Crippen molar-refractivity contribution >= 4 is 0 Å². The fourth-order valence-corrected chi connectivity index (χ4v) is 0.472. The third-order valence-electron chi connectivity index (χ3n) is 0.968. The van der Waals surface area contributed by atoms with Gasteiger partial charge in [0.15, 0.2) is 0 Å². The van der Waals surface area contributed by atoms with E-state index >= 15 is 0 Å². The van der Waals surface area contributed by atoms with Gasteiger partial charge in [0, 0.05) is 6.08 Å². The number of rotatable bonds is 2. The molecule has 1 saturated heterocycles. The van der Waals surface area contributed by atoms with Crippen molar-refractivity contribution in [3.05, 3.63) is 24.2 Å². The van der Waals surface area contributed by atoms with E-state index in [-0.39, 0.29) is 11.9 Å². The maximum Gasteiger partial charge on any atom is 0.138 e. The molecule has 3 heteroatoms. The minimum absolute atomic E-state index is 0.0810. The number of allylic oxidation sites excluding steroid dienone is 2. The molecule has 0 bridgehead atoms. The molecular formula is C6H7FO2. The molecule has 0 amide bonds. The predicted molar refractivity (Wildman–Crippen MR) is 30.7 cm³/mol. The van der Waals surface area contributed by atoms with Gasteiger partial charge >= 0.3 is 0 Å². The highest BCUT2D eigenvalue weighted by Crippen LogP contribution is 2.17. The molecule has 50 valence electrons. The molecule has 1 unspecified atom stereocenters. The molecule has 1 heterocycles. The van der Waals surface area contributed by atoms with Crippen molar-refractivity contribution in [2.75, 3.05) is 6.61 Å². The molecule has 9 heavy (non-hydrogen) atoms. The molecule has 1 fully saturated rings. The quantitative estimate of drug-likeness (QED) is 0.347. The van der Waals surface area contributed by atoms with Gasteiger partial charge in [-0.25, -0.2) is 4.39 Å². The number of epoxide rings is 1. The minimum atomic E-state index is -0.650. The highest BCUT2D eigenvalue weighted by atomic mass is 19.1. The van der Waals surface area contributed by atoms with Gasteiger partial charge in [-0.2, -0.15) is 0 Å². The van der Waals surface area contributed by atoms with E-state index in [2.05, 4.69) is 11.3 Å². The summed E-state index contributed by atoms with van der Waals surface area (Å²) in [5.74, 6) is -0.731. The van der Waals surface area contributed by atoms with Crippen LogP contribution in [0.3, 0.4) is 0 Å². The lowest BCUT2D eigenvalue weighted by Crippen LogP contribution is -1.89. The summed E-state index contributed by atoms with van der Waals surface area (Å²) in [6.07, 6.45) is 0.676. The highest BCUT2D eigenvalue weighted by Gasteiger charge is 2.26. The number of hydrogen-bond acceptors (Lipinski definition) is 2. The van der Waals surface area contributed by atoms with Crippen LogP contribution in [0.15, 0.2) is 24.2 Å².